The Kier molecular flexibility index (Phi) is 6.46. The van der Waals surface area contributed by atoms with Crippen molar-refractivity contribution in [1.29, 1.82) is 5.41 Å². The first-order chi connectivity index (χ1) is 13.9. The lowest BCUT2D eigenvalue weighted by molar-refractivity contribution is -0.142. The van der Waals surface area contributed by atoms with E-state index in [0.717, 1.165) is 5.56 Å². The number of hydrogen-bond acceptors (Lipinski definition) is 5. The minimum Gasteiger partial charge on any atom is -0.489 e. The highest BCUT2D eigenvalue weighted by Gasteiger charge is 2.33. The van der Waals surface area contributed by atoms with Crippen LogP contribution in [0.15, 0.2) is 54.6 Å². The lowest BCUT2D eigenvalue weighted by Gasteiger charge is -2.18. The summed E-state index contributed by atoms with van der Waals surface area (Å²) in [5, 5.41) is 22.6. The fraction of sp³-hybridized carbons (Fsp3) is 0.286. The molecule has 0 saturated carbocycles. The molecule has 3 atom stereocenters. The highest BCUT2D eigenvalue weighted by molar-refractivity contribution is 5.95. The third-order valence-corrected chi connectivity index (χ3v) is 4.75. The second-order valence-corrected chi connectivity index (χ2v) is 6.97. The standard InChI is InChI=1S/C21H24N4O4/c22-19(23)14-7-4-8-15(10-14)29-16-11-17(24-12-16)20(26)25-18(21(27)28)9-13-5-2-1-3-6-13/h1-8,10,16-18,24H,9,11-12H2,(H3,22,23)(H,25,26)(H,27,28). The zero-order valence-electron chi connectivity index (χ0n) is 15.8. The van der Waals surface area contributed by atoms with Gasteiger partial charge in [0.05, 0.1) is 6.04 Å². The number of rotatable bonds is 8. The molecule has 1 fully saturated rings. The molecule has 8 nitrogen and oxygen atoms in total. The van der Waals surface area contributed by atoms with Crippen molar-refractivity contribution in [1.82, 2.24) is 10.6 Å². The Morgan fingerprint density at radius 1 is 1.24 bits per heavy atom. The molecule has 1 heterocycles. The fourth-order valence-electron chi connectivity index (χ4n) is 3.24. The highest BCUT2D eigenvalue weighted by atomic mass is 16.5. The normalized spacial score (nSPS) is 19.3. The fourth-order valence-corrected chi connectivity index (χ4v) is 3.24. The number of nitrogens with one attached hydrogen (secondary N) is 3. The van der Waals surface area contributed by atoms with E-state index in [2.05, 4.69) is 10.6 Å². The van der Waals surface area contributed by atoms with E-state index < -0.39 is 18.1 Å². The molecule has 8 heteroatoms. The number of carbonyl (C=O) groups excluding carboxylic acids is 1. The second-order valence-electron chi connectivity index (χ2n) is 6.97. The van der Waals surface area contributed by atoms with Gasteiger partial charge in [-0.3, -0.25) is 10.2 Å². The Morgan fingerprint density at radius 2 is 2.00 bits per heavy atom. The van der Waals surface area contributed by atoms with Crippen molar-refractivity contribution >= 4 is 17.7 Å². The Morgan fingerprint density at radius 3 is 2.69 bits per heavy atom. The van der Waals surface area contributed by atoms with Crippen LogP contribution < -0.4 is 21.1 Å². The SMILES string of the molecule is N=C(N)c1cccc(OC2CNC(C(=O)NC(Cc3ccccc3)C(=O)O)C2)c1. The molecule has 1 aliphatic heterocycles. The van der Waals surface area contributed by atoms with Crippen molar-refractivity contribution < 1.29 is 19.4 Å². The monoisotopic (exact) mass is 396 g/mol. The number of amides is 1. The van der Waals surface area contributed by atoms with Crippen molar-refractivity contribution in [3.8, 4) is 5.75 Å². The Labute approximate surface area is 168 Å². The molecule has 0 radical (unpaired) electrons. The van der Waals surface area contributed by atoms with E-state index in [9.17, 15) is 14.7 Å². The maximum absolute atomic E-state index is 12.6. The molecular weight excluding hydrogens is 372 g/mol. The zero-order chi connectivity index (χ0) is 20.8. The lowest BCUT2D eigenvalue weighted by Crippen LogP contribution is -2.49. The molecule has 1 saturated heterocycles. The van der Waals surface area contributed by atoms with Crippen LogP contribution in [-0.2, 0) is 16.0 Å². The van der Waals surface area contributed by atoms with Crippen molar-refractivity contribution in [3.63, 3.8) is 0 Å². The van der Waals surface area contributed by atoms with Gasteiger partial charge in [0.1, 0.15) is 23.7 Å². The van der Waals surface area contributed by atoms with Crippen LogP contribution in [0.5, 0.6) is 5.75 Å². The van der Waals surface area contributed by atoms with E-state index in [1.165, 1.54) is 0 Å². The van der Waals surface area contributed by atoms with E-state index in [-0.39, 0.29) is 24.3 Å². The van der Waals surface area contributed by atoms with E-state index in [1.807, 2.05) is 30.3 Å². The number of benzene rings is 2. The van der Waals surface area contributed by atoms with Crippen molar-refractivity contribution in [2.45, 2.75) is 31.0 Å². The van der Waals surface area contributed by atoms with Gasteiger partial charge in [0, 0.05) is 24.9 Å². The second kappa shape index (κ2) is 9.20. The van der Waals surface area contributed by atoms with E-state index >= 15 is 0 Å². The molecule has 152 valence electrons. The van der Waals surface area contributed by atoms with Gasteiger partial charge >= 0.3 is 5.97 Å². The van der Waals surface area contributed by atoms with Gasteiger partial charge < -0.3 is 26.2 Å². The van der Waals surface area contributed by atoms with Gasteiger partial charge in [0.15, 0.2) is 0 Å². The summed E-state index contributed by atoms with van der Waals surface area (Å²) in [4.78, 5) is 24.1. The molecule has 2 aromatic carbocycles. The van der Waals surface area contributed by atoms with Crippen LogP contribution in [0.2, 0.25) is 0 Å². The third kappa shape index (κ3) is 5.55. The van der Waals surface area contributed by atoms with Crippen molar-refractivity contribution in [2.75, 3.05) is 6.54 Å². The van der Waals surface area contributed by atoms with Gasteiger partial charge in [-0.25, -0.2) is 4.79 Å². The van der Waals surface area contributed by atoms with Gasteiger partial charge in [-0.15, -0.1) is 0 Å². The molecule has 2 aromatic rings. The summed E-state index contributed by atoms with van der Waals surface area (Å²) in [6.07, 6.45) is 0.380. The minimum absolute atomic E-state index is 0.0459. The van der Waals surface area contributed by atoms with Gasteiger partial charge in [0.25, 0.3) is 0 Å². The van der Waals surface area contributed by atoms with E-state index in [1.54, 1.807) is 24.3 Å². The summed E-state index contributed by atoms with van der Waals surface area (Å²) in [5.74, 6) is -0.917. The quantitative estimate of drug-likeness (QED) is 0.332. The number of carboxylic acid groups (broad SMARTS) is 1. The number of carbonyl (C=O) groups is 2. The maximum Gasteiger partial charge on any atom is 0.326 e. The number of ether oxygens (including phenoxy) is 1. The number of amidine groups is 1. The van der Waals surface area contributed by atoms with Crippen LogP contribution in [-0.4, -0.2) is 47.6 Å². The van der Waals surface area contributed by atoms with Crippen LogP contribution in [0.3, 0.4) is 0 Å². The number of carboxylic acids is 1. The number of nitrogen functional groups attached to an aromatic ring is 1. The molecule has 29 heavy (non-hydrogen) atoms. The first kappa shape index (κ1) is 20.3. The number of nitrogens with two attached hydrogens (primary N) is 1. The molecule has 3 rings (SSSR count). The molecule has 0 spiro atoms. The Bertz CT molecular complexity index is 887. The van der Waals surface area contributed by atoms with Gasteiger partial charge in [-0.2, -0.15) is 0 Å². The van der Waals surface area contributed by atoms with Gasteiger partial charge in [0.2, 0.25) is 5.91 Å². The smallest absolute Gasteiger partial charge is 0.326 e. The Hall–Kier alpha value is -3.39. The number of hydrogen-bond donors (Lipinski definition) is 5. The van der Waals surface area contributed by atoms with Gasteiger partial charge in [-0.1, -0.05) is 42.5 Å². The van der Waals surface area contributed by atoms with Crippen LogP contribution in [0, 0.1) is 5.41 Å². The average Bonchev–Trinajstić information content (AvgIpc) is 3.17. The predicted octanol–water partition coefficient (Wildman–Crippen LogP) is 0.892. The largest absolute Gasteiger partial charge is 0.489 e. The summed E-state index contributed by atoms with van der Waals surface area (Å²) in [5.41, 5.74) is 6.89. The zero-order valence-corrected chi connectivity index (χ0v) is 15.8. The molecule has 0 aromatic heterocycles. The van der Waals surface area contributed by atoms with Crippen LogP contribution >= 0.6 is 0 Å². The summed E-state index contributed by atoms with van der Waals surface area (Å²) in [7, 11) is 0. The minimum atomic E-state index is -1.07. The van der Waals surface area contributed by atoms with Crippen molar-refractivity contribution in [2.24, 2.45) is 5.73 Å². The molecule has 1 aliphatic rings. The third-order valence-electron chi connectivity index (χ3n) is 4.75. The average molecular weight is 396 g/mol. The van der Waals surface area contributed by atoms with Crippen LogP contribution in [0.1, 0.15) is 17.5 Å². The number of aliphatic carboxylic acids is 1. The topological polar surface area (TPSA) is 138 Å². The molecule has 3 unspecified atom stereocenters. The summed E-state index contributed by atoms with van der Waals surface area (Å²) in [6.45, 7) is 0.457. The molecular formula is C21H24N4O4. The highest BCUT2D eigenvalue weighted by Crippen LogP contribution is 2.19. The molecule has 0 bridgehead atoms. The van der Waals surface area contributed by atoms with E-state index in [4.69, 9.17) is 15.9 Å². The molecule has 0 aliphatic carbocycles. The molecule has 1 amide bonds. The van der Waals surface area contributed by atoms with Crippen LogP contribution in [0.25, 0.3) is 0 Å². The first-order valence-corrected chi connectivity index (χ1v) is 9.34. The summed E-state index contributed by atoms with van der Waals surface area (Å²) in [6, 6.07) is 14.5. The van der Waals surface area contributed by atoms with E-state index in [0.29, 0.717) is 24.3 Å². The van der Waals surface area contributed by atoms with Crippen molar-refractivity contribution in [3.05, 3.63) is 65.7 Å². The van der Waals surface area contributed by atoms with Gasteiger partial charge in [-0.05, 0) is 17.7 Å². The lowest BCUT2D eigenvalue weighted by atomic mass is 10.1. The summed E-state index contributed by atoms with van der Waals surface area (Å²) < 4.78 is 5.88. The molecule has 6 N–H and O–H groups in total. The predicted molar refractivity (Wildman–Crippen MR) is 108 cm³/mol. The van der Waals surface area contributed by atoms with Crippen LogP contribution in [0.4, 0.5) is 0 Å². The first-order valence-electron chi connectivity index (χ1n) is 9.34. The maximum atomic E-state index is 12.6. The Balaban J connectivity index is 1.56. The summed E-state index contributed by atoms with van der Waals surface area (Å²) >= 11 is 0.